The van der Waals surface area contributed by atoms with Crippen molar-refractivity contribution in [3.63, 3.8) is 0 Å². The van der Waals surface area contributed by atoms with Crippen molar-refractivity contribution in [2.75, 3.05) is 0 Å². The van der Waals surface area contributed by atoms with Crippen LogP contribution in [0.4, 0.5) is 0 Å². The smallest absolute Gasteiger partial charge is 0.148 e. The Balaban J connectivity index is 1.67. The molecule has 0 aliphatic heterocycles. The minimum absolute atomic E-state index is 0.328. The van der Waals surface area contributed by atoms with Crippen LogP contribution in [0.15, 0.2) is 65.3 Å². The van der Waals surface area contributed by atoms with E-state index in [1.165, 1.54) is 0 Å². The molecular weight excluding hydrogens is 359 g/mol. The highest BCUT2D eigenvalue weighted by Gasteiger charge is 2.13. The molecule has 2 heterocycles. The second kappa shape index (κ2) is 6.82. The number of fused-ring (bicyclic) bond motifs is 1. The zero-order valence-corrected chi connectivity index (χ0v) is 14.7. The predicted molar refractivity (Wildman–Crippen MR) is 98.3 cm³/mol. The number of nitrogens with zero attached hydrogens (tertiary/aromatic N) is 2. The summed E-state index contributed by atoms with van der Waals surface area (Å²) in [6.45, 7) is 0.887. The van der Waals surface area contributed by atoms with Gasteiger partial charge in [-0.3, -0.25) is 0 Å². The Kier molecular flexibility index (Phi) is 4.38. The number of benzene rings is 2. The lowest BCUT2D eigenvalue weighted by Crippen LogP contribution is -2.08. The van der Waals surface area contributed by atoms with Gasteiger partial charge in [-0.05, 0) is 54.6 Å². The molecule has 0 spiro atoms. The molecular formula is C19H14Cl2N2O2. The van der Waals surface area contributed by atoms with Gasteiger partial charge in [0.1, 0.15) is 23.9 Å². The lowest BCUT2D eigenvalue weighted by atomic mass is 10.3. The van der Waals surface area contributed by atoms with Gasteiger partial charge in [-0.2, -0.15) is 0 Å². The third kappa shape index (κ3) is 3.50. The van der Waals surface area contributed by atoms with E-state index in [-0.39, 0.29) is 0 Å². The highest BCUT2D eigenvalue weighted by Crippen LogP contribution is 2.23. The molecule has 0 bridgehead atoms. The van der Waals surface area contributed by atoms with Crippen LogP contribution in [0.1, 0.15) is 11.6 Å². The zero-order valence-electron chi connectivity index (χ0n) is 13.2. The van der Waals surface area contributed by atoms with Crippen molar-refractivity contribution in [1.82, 2.24) is 9.55 Å². The van der Waals surface area contributed by atoms with Gasteiger partial charge in [0.2, 0.25) is 0 Å². The molecule has 0 radical (unpaired) electrons. The van der Waals surface area contributed by atoms with Crippen LogP contribution in [0, 0.1) is 0 Å². The van der Waals surface area contributed by atoms with Crippen molar-refractivity contribution < 1.29 is 9.15 Å². The largest absolute Gasteiger partial charge is 0.486 e. The lowest BCUT2D eigenvalue weighted by molar-refractivity contribution is 0.290. The molecule has 0 aliphatic rings. The van der Waals surface area contributed by atoms with Crippen LogP contribution >= 0.6 is 23.2 Å². The Morgan fingerprint density at radius 2 is 1.80 bits per heavy atom. The second-order valence-electron chi connectivity index (χ2n) is 5.57. The summed E-state index contributed by atoms with van der Waals surface area (Å²) in [5.74, 6) is 2.37. The normalized spacial score (nSPS) is 11.1. The van der Waals surface area contributed by atoms with Gasteiger partial charge in [0.25, 0.3) is 0 Å². The molecule has 2 aromatic carbocycles. The fourth-order valence-corrected chi connectivity index (χ4v) is 2.96. The SMILES string of the molecule is Clc1ccc(OCc2nc3ccc(Cl)cc3n2Cc2ccco2)cc1. The van der Waals surface area contributed by atoms with E-state index >= 15 is 0 Å². The van der Waals surface area contributed by atoms with Crippen molar-refractivity contribution in [3.8, 4) is 5.75 Å². The number of hydrogen-bond acceptors (Lipinski definition) is 3. The van der Waals surface area contributed by atoms with Gasteiger partial charge >= 0.3 is 0 Å². The number of hydrogen-bond donors (Lipinski definition) is 0. The van der Waals surface area contributed by atoms with Gasteiger partial charge in [0.15, 0.2) is 0 Å². The Morgan fingerprint density at radius 1 is 1.00 bits per heavy atom. The van der Waals surface area contributed by atoms with Crippen molar-refractivity contribution in [3.05, 3.63) is 82.5 Å². The fourth-order valence-electron chi connectivity index (χ4n) is 2.67. The van der Waals surface area contributed by atoms with Crippen LogP contribution in [-0.2, 0) is 13.2 Å². The average Bonchev–Trinajstić information content (AvgIpc) is 3.23. The fraction of sp³-hybridized carbons (Fsp3) is 0.105. The molecule has 126 valence electrons. The first-order chi connectivity index (χ1) is 12.2. The Labute approximate surface area is 154 Å². The lowest BCUT2D eigenvalue weighted by Gasteiger charge is -2.09. The Bertz CT molecular complexity index is 992. The van der Waals surface area contributed by atoms with Crippen molar-refractivity contribution in [2.24, 2.45) is 0 Å². The minimum atomic E-state index is 0.328. The molecule has 0 fully saturated rings. The molecule has 4 nitrogen and oxygen atoms in total. The van der Waals surface area contributed by atoms with Crippen LogP contribution in [0.5, 0.6) is 5.75 Å². The minimum Gasteiger partial charge on any atom is -0.486 e. The van der Waals surface area contributed by atoms with Gasteiger partial charge in [0, 0.05) is 10.0 Å². The topological polar surface area (TPSA) is 40.2 Å². The van der Waals surface area contributed by atoms with Crippen LogP contribution in [-0.4, -0.2) is 9.55 Å². The molecule has 4 rings (SSSR count). The third-order valence-corrected chi connectivity index (χ3v) is 4.35. The quantitative estimate of drug-likeness (QED) is 0.460. The summed E-state index contributed by atoms with van der Waals surface area (Å²) >= 11 is 12.1. The first-order valence-corrected chi connectivity index (χ1v) is 8.50. The number of halogens is 2. The second-order valence-corrected chi connectivity index (χ2v) is 6.44. The molecule has 25 heavy (non-hydrogen) atoms. The highest BCUT2D eigenvalue weighted by molar-refractivity contribution is 6.31. The van der Waals surface area contributed by atoms with E-state index in [9.17, 15) is 0 Å². The summed E-state index contributed by atoms with van der Waals surface area (Å²) in [4.78, 5) is 4.68. The summed E-state index contributed by atoms with van der Waals surface area (Å²) in [5, 5.41) is 1.34. The molecule has 0 saturated carbocycles. The van der Waals surface area contributed by atoms with Crippen LogP contribution in [0.3, 0.4) is 0 Å². The maximum Gasteiger partial charge on any atom is 0.148 e. The molecule has 0 amide bonds. The number of imidazole rings is 1. The van der Waals surface area contributed by atoms with Crippen LogP contribution in [0.25, 0.3) is 11.0 Å². The molecule has 0 atom stereocenters. The van der Waals surface area contributed by atoms with Gasteiger partial charge in [-0.1, -0.05) is 23.2 Å². The highest BCUT2D eigenvalue weighted by atomic mass is 35.5. The van der Waals surface area contributed by atoms with Crippen LogP contribution < -0.4 is 4.74 Å². The summed E-state index contributed by atoms with van der Waals surface area (Å²) < 4.78 is 13.4. The zero-order chi connectivity index (χ0) is 17.2. The van der Waals surface area contributed by atoms with Crippen molar-refractivity contribution >= 4 is 34.2 Å². The Hall–Kier alpha value is -2.43. The summed E-state index contributed by atoms with van der Waals surface area (Å²) in [5.41, 5.74) is 1.81. The molecule has 2 aromatic heterocycles. The number of aromatic nitrogens is 2. The van der Waals surface area contributed by atoms with Crippen molar-refractivity contribution in [2.45, 2.75) is 13.2 Å². The maximum absolute atomic E-state index is 6.16. The average molecular weight is 373 g/mol. The third-order valence-electron chi connectivity index (χ3n) is 3.86. The van der Waals surface area contributed by atoms with E-state index in [2.05, 4.69) is 9.55 Å². The van der Waals surface area contributed by atoms with E-state index in [1.807, 2.05) is 42.5 Å². The van der Waals surface area contributed by atoms with E-state index in [0.717, 1.165) is 28.4 Å². The first kappa shape index (κ1) is 16.1. The molecule has 0 saturated heterocycles. The number of furan rings is 1. The number of ether oxygens (including phenoxy) is 1. The van der Waals surface area contributed by atoms with Crippen molar-refractivity contribution in [1.29, 1.82) is 0 Å². The van der Waals surface area contributed by atoms with Gasteiger partial charge in [0.05, 0.1) is 23.8 Å². The van der Waals surface area contributed by atoms with Gasteiger partial charge in [-0.15, -0.1) is 0 Å². The number of rotatable bonds is 5. The summed E-state index contributed by atoms with van der Waals surface area (Å²) in [6, 6.07) is 16.7. The molecule has 4 aromatic rings. The maximum atomic E-state index is 6.16. The van der Waals surface area contributed by atoms with E-state index in [1.54, 1.807) is 18.4 Å². The van der Waals surface area contributed by atoms with E-state index in [0.29, 0.717) is 23.2 Å². The standard InChI is InChI=1S/C19H14Cl2N2O2/c20-13-3-6-15(7-4-13)25-12-19-22-17-8-5-14(21)10-18(17)23(19)11-16-2-1-9-24-16/h1-10H,11-12H2. The van der Waals surface area contributed by atoms with Crippen LogP contribution in [0.2, 0.25) is 10.0 Å². The van der Waals surface area contributed by atoms with E-state index in [4.69, 9.17) is 32.4 Å². The molecule has 0 aliphatic carbocycles. The van der Waals surface area contributed by atoms with E-state index < -0.39 is 0 Å². The van der Waals surface area contributed by atoms with Gasteiger partial charge < -0.3 is 13.7 Å². The monoisotopic (exact) mass is 372 g/mol. The Morgan fingerprint density at radius 3 is 2.56 bits per heavy atom. The predicted octanol–water partition coefficient (Wildman–Crippen LogP) is 5.56. The van der Waals surface area contributed by atoms with Gasteiger partial charge in [-0.25, -0.2) is 4.98 Å². The summed E-state index contributed by atoms with van der Waals surface area (Å²) in [6.07, 6.45) is 1.66. The molecule has 6 heteroatoms. The first-order valence-electron chi connectivity index (χ1n) is 7.74. The summed E-state index contributed by atoms with van der Waals surface area (Å²) in [7, 11) is 0. The molecule has 0 N–H and O–H groups in total. The molecule has 0 unspecified atom stereocenters.